The molecule has 0 aliphatic rings. The van der Waals surface area contributed by atoms with Crippen LogP contribution in [-0.2, 0) is 20.0 Å². The van der Waals surface area contributed by atoms with Gasteiger partial charge in [-0.05, 0) is 30.7 Å². The minimum atomic E-state index is -0.371. The molecular weight excluding hydrogens is 361 g/mol. The average molecular weight is 381 g/mol. The number of methoxy groups -OCH3 is 1. The summed E-state index contributed by atoms with van der Waals surface area (Å²) in [5.41, 5.74) is 2.83. The molecule has 0 spiro atoms. The van der Waals surface area contributed by atoms with Crippen molar-refractivity contribution in [2.24, 2.45) is 7.05 Å². The molecule has 4 rings (SSSR count). The second kappa shape index (κ2) is 7.26. The number of fused-ring (bicyclic) bond motifs is 1. The zero-order valence-electron chi connectivity index (χ0n) is 15.8. The van der Waals surface area contributed by atoms with Crippen molar-refractivity contribution in [2.75, 3.05) is 12.4 Å². The lowest BCUT2D eigenvalue weighted by molar-refractivity contribution is 0.369. The van der Waals surface area contributed by atoms with E-state index in [1.165, 1.54) is 10.6 Å². The molecule has 0 amide bonds. The summed E-state index contributed by atoms with van der Waals surface area (Å²) >= 11 is 0. The van der Waals surface area contributed by atoms with Crippen molar-refractivity contribution in [1.29, 1.82) is 0 Å². The normalized spacial score (nSPS) is 11.1. The van der Waals surface area contributed by atoms with Crippen molar-refractivity contribution in [3.05, 3.63) is 53.5 Å². The van der Waals surface area contributed by atoms with Gasteiger partial charge in [-0.15, -0.1) is 15.3 Å². The molecule has 0 unspecified atom stereocenters. The fraction of sp³-hybridized carbons (Fsp3) is 0.263. The van der Waals surface area contributed by atoms with Crippen LogP contribution in [-0.4, -0.2) is 36.7 Å². The maximum Gasteiger partial charge on any atom is 0.216 e. The Hall–Kier alpha value is -3.49. The second-order valence-electron chi connectivity index (χ2n) is 6.26. The van der Waals surface area contributed by atoms with Crippen LogP contribution in [0.25, 0.3) is 17.0 Å². The van der Waals surface area contributed by atoms with E-state index in [-0.39, 0.29) is 5.82 Å². The zero-order valence-corrected chi connectivity index (χ0v) is 15.8. The molecule has 1 N–H and O–H groups in total. The van der Waals surface area contributed by atoms with Crippen LogP contribution in [0.3, 0.4) is 0 Å². The molecule has 1 aromatic carbocycles. The third-order valence-corrected chi connectivity index (χ3v) is 4.52. The molecule has 4 aromatic rings. The summed E-state index contributed by atoms with van der Waals surface area (Å²) in [5, 5.41) is 20.5. The van der Waals surface area contributed by atoms with Gasteiger partial charge in [0.1, 0.15) is 11.6 Å². The molecule has 0 fully saturated rings. The number of hydrogen-bond donors (Lipinski definition) is 1. The first-order valence-electron chi connectivity index (χ1n) is 8.92. The lowest BCUT2D eigenvalue weighted by atomic mass is 10.2. The lowest BCUT2D eigenvalue weighted by Gasteiger charge is -2.08. The van der Waals surface area contributed by atoms with Crippen LogP contribution < -0.4 is 10.1 Å². The Bertz CT molecular complexity index is 1130. The van der Waals surface area contributed by atoms with Crippen LogP contribution >= 0.6 is 0 Å². The number of anilines is 1. The highest BCUT2D eigenvalue weighted by Gasteiger charge is 2.17. The number of aryl methyl sites for hydroxylation is 2. The zero-order chi connectivity index (χ0) is 19.7. The first-order valence-corrected chi connectivity index (χ1v) is 8.92. The van der Waals surface area contributed by atoms with Crippen LogP contribution in [0.15, 0.2) is 36.4 Å². The molecule has 0 aliphatic heterocycles. The summed E-state index contributed by atoms with van der Waals surface area (Å²) in [4.78, 5) is 0. The van der Waals surface area contributed by atoms with Gasteiger partial charge in [0.15, 0.2) is 11.5 Å². The second-order valence-corrected chi connectivity index (χ2v) is 6.26. The van der Waals surface area contributed by atoms with Gasteiger partial charge in [0.25, 0.3) is 0 Å². The summed E-state index contributed by atoms with van der Waals surface area (Å²) < 4.78 is 22.9. The lowest BCUT2D eigenvalue weighted by Crippen LogP contribution is -2.07. The molecule has 0 saturated heterocycles. The Morgan fingerprint density at radius 2 is 1.93 bits per heavy atom. The quantitative estimate of drug-likeness (QED) is 0.553. The monoisotopic (exact) mass is 381 g/mol. The van der Waals surface area contributed by atoms with Gasteiger partial charge in [0.05, 0.1) is 23.9 Å². The van der Waals surface area contributed by atoms with E-state index < -0.39 is 0 Å². The third kappa shape index (κ3) is 3.04. The number of nitrogens with zero attached hydrogens (tertiary/aromatic N) is 6. The fourth-order valence-electron chi connectivity index (χ4n) is 3.20. The minimum Gasteiger partial charge on any atom is -0.481 e. The highest BCUT2D eigenvalue weighted by Crippen LogP contribution is 2.24. The number of nitrogens with one attached hydrogen (secondary N) is 1. The van der Waals surface area contributed by atoms with E-state index in [0.717, 1.165) is 17.7 Å². The van der Waals surface area contributed by atoms with Crippen molar-refractivity contribution >= 4 is 11.5 Å². The van der Waals surface area contributed by atoms with Gasteiger partial charge in [0, 0.05) is 13.6 Å². The van der Waals surface area contributed by atoms with Crippen molar-refractivity contribution in [3.8, 4) is 17.3 Å². The summed E-state index contributed by atoms with van der Waals surface area (Å²) in [7, 11) is 3.48. The highest BCUT2D eigenvalue weighted by molar-refractivity contribution is 5.60. The summed E-state index contributed by atoms with van der Waals surface area (Å²) in [6, 6.07) is 10.0. The van der Waals surface area contributed by atoms with Crippen LogP contribution in [0.2, 0.25) is 0 Å². The minimum absolute atomic E-state index is 0.349. The van der Waals surface area contributed by atoms with Crippen LogP contribution in [0.1, 0.15) is 18.2 Å². The van der Waals surface area contributed by atoms with E-state index in [9.17, 15) is 4.39 Å². The fourth-order valence-corrected chi connectivity index (χ4v) is 3.20. The maximum atomic E-state index is 14.2. The van der Waals surface area contributed by atoms with Crippen molar-refractivity contribution in [2.45, 2.75) is 19.9 Å². The number of benzene rings is 1. The van der Waals surface area contributed by atoms with Gasteiger partial charge in [-0.3, -0.25) is 0 Å². The molecule has 3 heterocycles. The van der Waals surface area contributed by atoms with E-state index in [2.05, 4.69) is 25.7 Å². The van der Waals surface area contributed by atoms with E-state index in [4.69, 9.17) is 4.74 Å². The molecule has 0 atom stereocenters. The molecule has 28 heavy (non-hydrogen) atoms. The molecule has 3 aromatic heterocycles. The van der Waals surface area contributed by atoms with Gasteiger partial charge >= 0.3 is 0 Å². The Morgan fingerprint density at radius 3 is 2.68 bits per heavy atom. The average Bonchev–Trinajstić information content (AvgIpc) is 3.26. The first-order chi connectivity index (χ1) is 13.6. The van der Waals surface area contributed by atoms with E-state index in [0.29, 0.717) is 35.3 Å². The number of hydrogen-bond acceptors (Lipinski definition) is 6. The number of rotatable bonds is 6. The molecule has 0 saturated carbocycles. The topological polar surface area (TPSA) is 82.2 Å². The summed E-state index contributed by atoms with van der Waals surface area (Å²) in [6.07, 6.45) is 0.795. The van der Waals surface area contributed by atoms with Crippen LogP contribution in [0.4, 0.5) is 10.2 Å². The standard InChI is InChI=1S/C19H20FN7O/c1-4-15-13(19(28-3)26(2)24-15)11-21-16-9-10-17-22-23-18(27(17)25-16)12-7-5-6-8-14(12)20/h5-10H,4,11H2,1-3H3,(H,21,25). The van der Waals surface area contributed by atoms with Crippen molar-refractivity contribution < 1.29 is 9.13 Å². The Morgan fingerprint density at radius 1 is 1.11 bits per heavy atom. The highest BCUT2D eigenvalue weighted by atomic mass is 19.1. The Balaban J connectivity index is 1.66. The molecule has 0 bridgehead atoms. The van der Waals surface area contributed by atoms with Crippen molar-refractivity contribution in [3.63, 3.8) is 0 Å². The number of aromatic nitrogens is 6. The van der Waals surface area contributed by atoms with Crippen LogP contribution in [0, 0.1) is 5.82 Å². The predicted molar refractivity (Wildman–Crippen MR) is 103 cm³/mol. The van der Waals surface area contributed by atoms with Crippen LogP contribution in [0.5, 0.6) is 5.88 Å². The van der Waals surface area contributed by atoms with E-state index in [1.54, 1.807) is 36.1 Å². The van der Waals surface area contributed by atoms with Gasteiger partial charge in [-0.1, -0.05) is 19.1 Å². The number of halogens is 1. The van der Waals surface area contributed by atoms with Gasteiger partial charge in [-0.2, -0.15) is 9.61 Å². The largest absolute Gasteiger partial charge is 0.481 e. The molecule has 0 aliphatic carbocycles. The van der Waals surface area contributed by atoms with Crippen molar-refractivity contribution in [1.82, 2.24) is 29.6 Å². The molecule has 8 nitrogen and oxygen atoms in total. The predicted octanol–water partition coefficient (Wildman–Crippen LogP) is 2.85. The Kier molecular flexibility index (Phi) is 4.64. The molecular formula is C19H20FN7O. The Labute approximate surface area is 161 Å². The third-order valence-electron chi connectivity index (χ3n) is 4.52. The summed E-state index contributed by atoms with van der Waals surface area (Å²) in [6.45, 7) is 2.54. The first kappa shape index (κ1) is 17.9. The molecule has 0 radical (unpaired) electrons. The van der Waals surface area contributed by atoms with E-state index >= 15 is 0 Å². The molecule has 144 valence electrons. The van der Waals surface area contributed by atoms with Gasteiger partial charge in [0.2, 0.25) is 5.88 Å². The van der Waals surface area contributed by atoms with Gasteiger partial charge in [-0.25, -0.2) is 9.07 Å². The number of ether oxygens (including phenoxy) is 1. The smallest absolute Gasteiger partial charge is 0.216 e. The SMILES string of the molecule is CCc1nn(C)c(OC)c1CNc1ccc2nnc(-c3ccccc3F)n2n1. The summed E-state index contributed by atoms with van der Waals surface area (Å²) in [5.74, 6) is 1.30. The molecule has 9 heteroatoms. The van der Waals surface area contributed by atoms with Gasteiger partial charge < -0.3 is 10.1 Å². The maximum absolute atomic E-state index is 14.2. The van der Waals surface area contributed by atoms with E-state index in [1.807, 2.05) is 20.0 Å².